The first kappa shape index (κ1) is 48.2. The molecule has 0 saturated carbocycles. The van der Waals surface area contributed by atoms with E-state index in [2.05, 4.69) is 205 Å². The van der Waals surface area contributed by atoms with Crippen LogP contribution in [0.4, 0.5) is 0 Å². The molecular weight excluding hydrogens is 1040 g/mol. The molecule has 3 heterocycles. The van der Waals surface area contributed by atoms with E-state index >= 15 is 0 Å². The fourth-order valence-electron chi connectivity index (χ4n) is 11.3. The molecular formula is C72H49GeN7. The second-order valence-electron chi connectivity index (χ2n) is 19.8. The number of hydrogen-bond acceptors (Lipinski definition) is 6. The van der Waals surface area contributed by atoms with E-state index in [4.69, 9.17) is 29.9 Å². The molecule has 0 aliphatic carbocycles. The van der Waals surface area contributed by atoms with Crippen molar-refractivity contribution in [2.45, 2.75) is 0 Å². The molecule has 0 N–H and O–H groups in total. The first-order chi connectivity index (χ1) is 39.7. The van der Waals surface area contributed by atoms with Crippen molar-refractivity contribution in [3.05, 3.63) is 297 Å². The van der Waals surface area contributed by atoms with E-state index in [0.29, 0.717) is 34.9 Å². The molecule has 3 aromatic heterocycles. The van der Waals surface area contributed by atoms with Crippen molar-refractivity contribution in [3.8, 4) is 85.1 Å². The molecule has 0 saturated heterocycles. The molecule has 0 bridgehead atoms. The molecule has 376 valence electrons. The second kappa shape index (κ2) is 21.0. The summed E-state index contributed by atoms with van der Waals surface area (Å²) in [5, 5.41) is 2.20. The third-order valence-electron chi connectivity index (χ3n) is 15.1. The summed E-state index contributed by atoms with van der Waals surface area (Å²) in [6.45, 7) is 0. The van der Waals surface area contributed by atoms with Gasteiger partial charge in [-0.05, 0) is 0 Å². The zero-order valence-corrected chi connectivity index (χ0v) is 45.5. The van der Waals surface area contributed by atoms with Gasteiger partial charge >= 0.3 is 359 Å². The largest absolute Gasteiger partial charge is 0.208 e. The van der Waals surface area contributed by atoms with Gasteiger partial charge in [0.25, 0.3) is 0 Å². The third-order valence-corrected chi connectivity index (χ3v) is 25.1. The van der Waals surface area contributed by atoms with E-state index in [9.17, 15) is 0 Å². The van der Waals surface area contributed by atoms with E-state index in [1.807, 2.05) is 97.1 Å². The van der Waals surface area contributed by atoms with E-state index in [-0.39, 0.29) is 0 Å². The molecule has 0 unspecified atom stereocenters. The fourth-order valence-corrected chi connectivity index (χ4v) is 21.4. The molecule has 80 heavy (non-hydrogen) atoms. The molecule has 0 radical (unpaired) electrons. The molecule has 8 heteroatoms. The Kier molecular flexibility index (Phi) is 12.6. The van der Waals surface area contributed by atoms with Crippen LogP contribution in [0.3, 0.4) is 0 Å². The quantitative estimate of drug-likeness (QED) is 0.113. The van der Waals surface area contributed by atoms with Crippen molar-refractivity contribution in [2.75, 3.05) is 0 Å². The minimum atomic E-state index is -3.66. The Hall–Kier alpha value is -10.2. The zero-order chi connectivity index (χ0) is 53.2. The van der Waals surface area contributed by atoms with Crippen LogP contribution in [0.25, 0.3) is 107 Å². The van der Waals surface area contributed by atoms with Gasteiger partial charge < -0.3 is 0 Å². The summed E-state index contributed by atoms with van der Waals surface area (Å²) >= 11 is -3.66. The molecule has 7 nitrogen and oxygen atoms in total. The van der Waals surface area contributed by atoms with Crippen molar-refractivity contribution in [3.63, 3.8) is 0 Å². The van der Waals surface area contributed by atoms with Crippen molar-refractivity contribution in [1.29, 1.82) is 0 Å². The standard InChI is InChI=1S/C72H49GeN7/c1-8-25-50(26-9-1)67-74-68(51-27-10-2-11-28-51)77-71(76-67)56-43-45-62-61-41-22-23-42-64(61)80(66(62)49-56)65-46-44-55(48-63(65)72-78-69(52-29-12-3-13-30-52)75-70(79-72)53-31-14-4-15-32-53)54-33-24-40-60(47-54)73(57-34-16-5-17-35-57,58-36-18-6-19-37-58)59-38-20-7-21-39-59/h1-49H. The molecule has 14 aromatic rings. The number of para-hydroxylation sites is 1. The summed E-state index contributed by atoms with van der Waals surface area (Å²) in [6.07, 6.45) is 0. The van der Waals surface area contributed by atoms with Gasteiger partial charge in [-0.3, -0.25) is 0 Å². The third kappa shape index (κ3) is 8.85. The predicted octanol–water partition coefficient (Wildman–Crippen LogP) is 14.2. The maximum absolute atomic E-state index is 5.43. The van der Waals surface area contributed by atoms with Gasteiger partial charge in [-0.1, -0.05) is 72.8 Å². The van der Waals surface area contributed by atoms with Crippen LogP contribution in [0, 0.1) is 0 Å². The number of aromatic nitrogens is 7. The predicted molar refractivity (Wildman–Crippen MR) is 329 cm³/mol. The van der Waals surface area contributed by atoms with E-state index in [1.165, 1.54) is 17.6 Å². The molecule has 0 aliphatic heterocycles. The summed E-state index contributed by atoms with van der Waals surface area (Å²) in [7, 11) is 0. The van der Waals surface area contributed by atoms with Crippen LogP contribution in [0.5, 0.6) is 0 Å². The molecule has 0 spiro atoms. The number of rotatable bonds is 12. The summed E-state index contributed by atoms with van der Waals surface area (Å²) in [4.78, 5) is 31.4. The zero-order valence-electron chi connectivity index (χ0n) is 43.4. The Balaban J connectivity index is 1.02. The van der Waals surface area contributed by atoms with Crippen LogP contribution in [0.2, 0.25) is 0 Å². The molecule has 0 amide bonds. The monoisotopic (exact) mass is 1090 g/mol. The molecule has 0 atom stereocenters. The Labute approximate surface area is 466 Å². The minimum absolute atomic E-state index is 0.551. The van der Waals surface area contributed by atoms with Crippen LogP contribution < -0.4 is 17.6 Å². The van der Waals surface area contributed by atoms with Crippen LogP contribution in [-0.2, 0) is 0 Å². The molecule has 11 aromatic carbocycles. The van der Waals surface area contributed by atoms with Gasteiger partial charge in [0.2, 0.25) is 0 Å². The first-order valence-corrected chi connectivity index (χ1v) is 31.0. The average Bonchev–Trinajstić information content (AvgIpc) is 4.08. The van der Waals surface area contributed by atoms with E-state index in [1.54, 1.807) is 0 Å². The first-order valence-electron chi connectivity index (χ1n) is 26.9. The Morgan fingerprint density at radius 3 is 1.05 bits per heavy atom. The van der Waals surface area contributed by atoms with Gasteiger partial charge in [-0.25, -0.2) is 15.0 Å². The number of fused-ring (bicyclic) bond motifs is 3. The van der Waals surface area contributed by atoms with Crippen molar-refractivity contribution >= 4 is 52.7 Å². The van der Waals surface area contributed by atoms with Crippen LogP contribution in [0.1, 0.15) is 0 Å². The van der Waals surface area contributed by atoms with Gasteiger partial charge in [0, 0.05) is 11.1 Å². The molecule has 14 rings (SSSR count). The summed E-state index contributed by atoms with van der Waals surface area (Å²) in [5.41, 5.74) is 10.4. The van der Waals surface area contributed by atoms with Crippen LogP contribution in [-0.4, -0.2) is 47.7 Å². The van der Waals surface area contributed by atoms with Crippen molar-refractivity contribution < 1.29 is 0 Å². The molecule has 0 aliphatic rings. The summed E-state index contributed by atoms with van der Waals surface area (Å²) in [6, 6.07) is 105. The number of benzene rings is 11. The normalized spacial score (nSPS) is 11.5. The van der Waals surface area contributed by atoms with Crippen LogP contribution in [0.15, 0.2) is 297 Å². The fraction of sp³-hybridized carbons (Fsp3) is 0. The van der Waals surface area contributed by atoms with Crippen molar-refractivity contribution in [1.82, 2.24) is 34.5 Å². The van der Waals surface area contributed by atoms with Crippen molar-refractivity contribution in [2.24, 2.45) is 0 Å². The Morgan fingerprint density at radius 1 is 0.225 bits per heavy atom. The van der Waals surface area contributed by atoms with Gasteiger partial charge in [-0.2, -0.15) is 0 Å². The number of hydrogen-bond donors (Lipinski definition) is 0. The maximum atomic E-state index is 5.43. The number of nitrogens with zero attached hydrogens (tertiary/aromatic N) is 7. The maximum Gasteiger partial charge on any atom is -0.0512 e. The van der Waals surface area contributed by atoms with Gasteiger partial charge in [-0.15, -0.1) is 0 Å². The Morgan fingerprint density at radius 2 is 0.575 bits per heavy atom. The smallest absolute Gasteiger partial charge is 0.0512 e. The SMILES string of the molecule is c1ccc(-c2nc(-c3ccccc3)nc(-c3ccc4c5ccccc5n(-c5ccc(-c6ccc[c]([Ge]([c]7ccccc7)([c]7ccccc7)[c]7ccccc7)c6)cc5-c5nc(-c6ccccc6)nc(-c6ccccc6)n5)c4c3)n2)cc1. The Bertz CT molecular complexity index is 4290. The second-order valence-corrected chi connectivity index (χ2v) is 27.8. The van der Waals surface area contributed by atoms with Gasteiger partial charge in [0.15, 0.2) is 11.6 Å². The summed E-state index contributed by atoms with van der Waals surface area (Å²) < 4.78 is 7.77. The molecule has 0 fully saturated rings. The summed E-state index contributed by atoms with van der Waals surface area (Å²) in [5.74, 6) is 3.51. The van der Waals surface area contributed by atoms with Crippen LogP contribution >= 0.6 is 0 Å². The van der Waals surface area contributed by atoms with Gasteiger partial charge in [0.1, 0.15) is 0 Å². The van der Waals surface area contributed by atoms with E-state index < -0.39 is 13.3 Å². The topological polar surface area (TPSA) is 82.3 Å². The van der Waals surface area contributed by atoms with Gasteiger partial charge in [0.05, 0.1) is 0 Å². The minimum Gasteiger partial charge on any atom is -0.208 e. The van der Waals surface area contributed by atoms with E-state index in [0.717, 1.165) is 72.0 Å². The average molecular weight is 1080 g/mol.